The lowest BCUT2D eigenvalue weighted by atomic mass is 10.1. The molecule has 0 aromatic heterocycles. The van der Waals surface area contributed by atoms with E-state index in [-0.39, 0.29) is 5.04 Å². The Hall–Kier alpha value is -1.06. The summed E-state index contributed by atoms with van der Waals surface area (Å²) in [6, 6.07) is 8.14. The lowest BCUT2D eigenvalue weighted by molar-refractivity contribution is 0.282. The molecular formula is C16H24O2Si. The molecule has 0 N–H and O–H groups in total. The van der Waals surface area contributed by atoms with Gasteiger partial charge in [-0.2, -0.15) is 0 Å². The van der Waals surface area contributed by atoms with Gasteiger partial charge in [0.05, 0.1) is 6.61 Å². The third-order valence-corrected chi connectivity index (χ3v) is 8.59. The molecule has 1 aromatic carbocycles. The van der Waals surface area contributed by atoms with Gasteiger partial charge in [-0.15, -0.1) is 0 Å². The van der Waals surface area contributed by atoms with Gasteiger partial charge in [0.1, 0.15) is 12.4 Å². The van der Waals surface area contributed by atoms with Crippen molar-refractivity contribution in [3.63, 3.8) is 0 Å². The van der Waals surface area contributed by atoms with E-state index in [1.54, 1.807) is 0 Å². The molecule has 0 spiro atoms. The van der Waals surface area contributed by atoms with E-state index in [0.29, 0.717) is 13.2 Å². The zero-order valence-electron chi connectivity index (χ0n) is 12.6. The van der Waals surface area contributed by atoms with E-state index in [1.165, 1.54) is 5.57 Å². The topological polar surface area (TPSA) is 18.5 Å². The Morgan fingerprint density at radius 2 is 1.89 bits per heavy atom. The van der Waals surface area contributed by atoms with Crippen molar-refractivity contribution >= 4 is 14.4 Å². The first-order valence-electron chi connectivity index (χ1n) is 6.85. The van der Waals surface area contributed by atoms with Crippen LogP contribution in [0.2, 0.25) is 18.1 Å². The minimum atomic E-state index is -1.68. The number of rotatable bonds is 3. The summed E-state index contributed by atoms with van der Waals surface area (Å²) in [5.74, 6) is 0.971. The molecule has 0 aliphatic carbocycles. The highest BCUT2D eigenvalue weighted by Crippen LogP contribution is 2.37. The van der Waals surface area contributed by atoms with Gasteiger partial charge in [0, 0.05) is 5.56 Å². The summed E-state index contributed by atoms with van der Waals surface area (Å²) in [4.78, 5) is 0. The van der Waals surface area contributed by atoms with Crippen molar-refractivity contribution < 1.29 is 9.16 Å². The average molecular weight is 276 g/mol. The van der Waals surface area contributed by atoms with E-state index in [9.17, 15) is 0 Å². The summed E-state index contributed by atoms with van der Waals surface area (Å²) in [5, 5.41) is 0.251. The molecule has 3 heteroatoms. The standard InChI is InChI=1S/C16H24O2Si/c1-16(2,3)19(4,5)18-12-13-10-14-8-6-7-9-15(14)17-11-13/h6-10H,11-12H2,1-5H3. The third-order valence-electron chi connectivity index (χ3n) is 4.12. The third kappa shape index (κ3) is 3.28. The Balaban J connectivity index is 2.05. The van der Waals surface area contributed by atoms with Crippen molar-refractivity contribution in [2.24, 2.45) is 0 Å². The van der Waals surface area contributed by atoms with E-state index in [1.807, 2.05) is 18.2 Å². The first-order valence-corrected chi connectivity index (χ1v) is 9.76. The van der Waals surface area contributed by atoms with Gasteiger partial charge < -0.3 is 9.16 Å². The summed E-state index contributed by atoms with van der Waals surface area (Å²) >= 11 is 0. The van der Waals surface area contributed by atoms with E-state index in [2.05, 4.69) is 46.0 Å². The SMILES string of the molecule is CC(C)(C)[Si](C)(C)OCC1=Cc2ccccc2OC1. The molecule has 104 valence electrons. The van der Waals surface area contributed by atoms with Crippen LogP contribution < -0.4 is 4.74 Å². The smallest absolute Gasteiger partial charge is 0.192 e. The largest absolute Gasteiger partial charge is 0.489 e. The van der Waals surface area contributed by atoms with E-state index in [0.717, 1.165) is 11.3 Å². The van der Waals surface area contributed by atoms with Crippen molar-refractivity contribution in [2.45, 2.75) is 38.9 Å². The van der Waals surface area contributed by atoms with Crippen LogP contribution in [0.3, 0.4) is 0 Å². The molecule has 1 aliphatic rings. The van der Waals surface area contributed by atoms with Gasteiger partial charge in [0.15, 0.2) is 8.32 Å². The van der Waals surface area contributed by atoms with Gasteiger partial charge in [-0.05, 0) is 35.8 Å². The average Bonchev–Trinajstić information content (AvgIpc) is 2.35. The molecule has 0 amide bonds. The van der Waals surface area contributed by atoms with Crippen molar-refractivity contribution in [1.29, 1.82) is 0 Å². The molecule has 0 radical (unpaired) electrons. The fraction of sp³-hybridized carbons (Fsp3) is 0.500. The summed E-state index contributed by atoms with van der Waals surface area (Å²) in [5.41, 5.74) is 2.38. The van der Waals surface area contributed by atoms with Gasteiger partial charge in [-0.25, -0.2) is 0 Å². The molecular weight excluding hydrogens is 252 g/mol. The normalized spacial score (nSPS) is 15.5. The quantitative estimate of drug-likeness (QED) is 0.758. The maximum Gasteiger partial charge on any atom is 0.192 e. The van der Waals surface area contributed by atoms with E-state index >= 15 is 0 Å². The number of fused-ring (bicyclic) bond motifs is 1. The van der Waals surface area contributed by atoms with Gasteiger partial charge >= 0.3 is 0 Å². The summed E-state index contributed by atoms with van der Waals surface area (Å²) in [6.45, 7) is 12.7. The fourth-order valence-corrected chi connectivity index (χ4v) is 2.72. The zero-order valence-corrected chi connectivity index (χ0v) is 13.6. The highest BCUT2D eigenvalue weighted by atomic mass is 28.4. The van der Waals surface area contributed by atoms with Gasteiger partial charge in [0.2, 0.25) is 0 Å². The molecule has 1 heterocycles. The molecule has 0 fully saturated rings. The van der Waals surface area contributed by atoms with E-state index < -0.39 is 8.32 Å². The molecule has 2 rings (SSSR count). The van der Waals surface area contributed by atoms with Crippen LogP contribution in [0.1, 0.15) is 26.3 Å². The Labute approximate surface area is 117 Å². The van der Waals surface area contributed by atoms with Crippen LogP contribution in [0.5, 0.6) is 5.75 Å². The minimum absolute atomic E-state index is 0.251. The molecule has 1 aliphatic heterocycles. The molecule has 0 bridgehead atoms. The van der Waals surface area contributed by atoms with Gasteiger partial charge in [-0.3, -0.25) is 0 Å². The first-order chi connectivity index (χ1) is 8.79. The number of ether oxygens (including phenoxy) is 1. The van der Waals surface area contributed by atoms with Gasteiger partial charge in [0.25, 0.3) is 0 Å². The van der Waals surface area contributed by atoms with Crippen molar-refractivity contribution in [3.05, 3.63) is 35.4 Å². The second-order valence-corrected chi connectivity index (χ2v) is 11.5. The van der Waals surface area contributed by atoms with Crippen LogP contribution in [0.25, 0.3) is 6.08 Å². The molecule has 19 heavy (non-hydrogen) atoms. The van der Waals surface area contributed by atoms with Crippen LogP contribution in [0, 0.1) is 0 Å². The molecule has 1 aromatic rings. The minimum Gasteiger partial charge on any atom is -0.489 e. The number of hydrogen-bond acceptors (Lipinski definition) is 2. The molecule has 0 saturated heterocycles. The predicted molar refractivity (Wildman–Crippen MR) is 83.1 cm³/mol. The van der Waals surface area contributed by atoms with Gasteiger partial charge in [-0.1, -0.05) is 39.0 Å². The Kier molecular flexibility index (Phi) is 3.88. The van der Waals surface area contributed by atoms with Crippen LogP contribution in [0.15, 0.2) is 29.8 Å². The maximum absolute atomic E-state index is 6.24. The Bertz CT molecular complexity index is 484. The van der Waals surface area contributed by atoms with Crippen LogP contribution >= 0.6 is 0 Å². The summed E-state index contributed by atoms with van der Waals surface area (Å²) in [6.07, 6.45) is 2.20. The van der Waals surface area contributed by atoms with Crippen molar-refractivity contribution in [1.82, 2.24) is 0 Å². The zero-order chi connectivity index (χ0) is 14.1. The molecule has 0 atom stereocenters. The summed E-state index contributed by atoms with van der Waals surface area (Å²) < 4.78 is 12.0. The second kappa shape index (κ2) is 5.14. The number of para-hydroxylation sites is 1. The monoisotopic (exact) mass is 276 g/mol. The molecule has 0 unspecified atom stereocenters. The van der Waals surface area contributed by atoms with Crippen LogP contribution in [-0.2, 0) is 4.43 Å². The van der Waals surface area contributed by atoms with Crippen molar-refractivity contribution in [2.75, 3.05) is 13.2 Å². The molecule has 0 saturated carbocycles. The Morgan fingerprint density at radius 1 is 1.21 bits per heavy atom. The maximum atomic E-state index is 6.24. The van der Waals surface area contributed by atoms with Crippen LogP contribution in [0.4, 0.5) is 0 Å². The van der Waals surface area contributed by atoms with Crippen molar-refractivity contribution in [3.8, 4) is 5.75 Å². The Morgan fingerprint density at radius 3 is 2.58 bits per heavy atom. The van der Waals surface area contributed by atoms with E-state index in [4.69, 9.17) is 9.16 Å². The predicted octanol–water partition coefficient (Wildman–Crippen LogP) is 4.48. The number of benzene rings is 1. The lowest BCUT2D eigenvalue weighted by Crippen LogP contribution is -2.41. The number of hydrogen-bond donors (Lipinski definition) is 0. The molecule has 2 nitrogen and oxygen atoms in total. The highest BCUT2D eigenvalue weighted by Gasteiger charge is 2.37. The second-order valence-electron chi connectivity index (χ2n) is 6.68. The first kappa shape index (κ1) is 14.3. The lowest BCUT2D eigenvalue weighted by Gasteiger charge is -2.36. The fourth-order valence-electron chi connectivity index (χ4n) is 1.74. The highest BCUT2D eigenvalue weighted by molar-refractivity contribution is 6.74. The van der Waals surface area contributed by atoms with Crippen LogP contribution in [-0.4, -0.2) is 21.5 Å². The summed E-state index contributed by atoms with van der Waals surface area (Å²) in [7, 11) is -1.68.